The van der Waals surface area contributed by atoms with Crippen LogP contribution in [0.15, 0.2) is 71.3 Å². The Balaban J connectivity index is 1.72. The highest BCUT2D eigenvalue weighted by Gasteiger charge is 2.44. The number of nitrogens with two attached hydrogens (primary N) is 1. The number of benzene rings is 2. The fourth-order valence-corrected chi connectivity index (χ4v) is 6.66. The van der Waals surface area contributed by atoms with Crippen LogP contribution in [-0.4, -0.2) is 47.3 Å². The molecule has 0 fully saturated rings. The highest BCUT2D eigenvalue weighted by molar-refractivity contribution is 8.13. The summed E-state index contributed by atoms with van der Waals surface area (Å²) in [6.45, 7) is 12.2. The fourth-order valence-electron chi connectivity index (χ4n) is 5.67. The average molecular weight is 553 g/mol. The Bertz CT molecular complexity index is 1470. The third-order valence-electron chi connectivity index (χ3n) is 7.56. The van der Waals surface area contributed by atoms with Crippen molar-refractivity contribution >= 4 is 44.1 Å². The van der Waals surface area contributed by atoms with Crippen LogP contribution in [0, 0.1) is 5.41 Å². The van der Waals surface area contributed by atoms with Crippen molar-refractivity contribution in [1.82, 2.24) is 0 Å². The van der Waals surface area contributed by atoms with E-state index in [4.69, 9.17) is 11.1 Å². The molecule has 0 saturated carbocycles. The standard InChI is InChI=1S/C29H36N4O3S2/c1-6-32-24-16-15-20(38(34,35)36)19-22(24)29(4,5)25(32)13-9-14-26-28(2,3)21-11-7-8-12-23(21)33(26)17-10-18-37-27(30)31/h7-9,11-16,19H,6,10,17-18H2,1-5H3,(H3-,30,31,34,35,36). The van der Waals surface area contributed by atoms with E-state index in [-0.39, 0.29) is 15.5 Å². The molecule has 9 heteroatoms. The monoisotopic (exact) mass is 552 g/mol. The van der Waals surface area contributed by atoms with E-state index in [9.17, 15) is 13.0 Å². The van der Waals surface area contributed by atoms with Crippen LogP contribution in [0.3, 0.4) is 0 Å². The van der Waals surface area contributed by atoms with E-state index in [2.05, 4.69) is 86.6 Å². The number of nitrogens with zero attached hydrogens (tertiary/aromatic N) is 2. The first kappa shape index (κ1) is 28.1. The smallest absolute Gasteiger partial charge is 0.209 e. The Hall–Kier alpha value is -2.88. The van der Waals surface area contributed by atoms with Crippen LogP contribution in [0.4, 0.5) is 11.4 Å². The average Bonchev–Trinajstić information content (AvgIpc) is 3.20. The van der Waals surface area contributed by atoms with Gasteiger partial charge in [0, 0.05) is 53.2 Å². The van der Waals surface area contributed by atoms with E-state index in [1.807, 2.05) is 0 Å². The van der Waals surface area contributed by atoms with Gasteiger partial charge in [0.25, 0.3) is 0 Å². The molecule has 0 unspecified atom stereocenters. The number of hydrogen-bond acceptors (Lipinski definition) is 6. The Morgan fingerprint density at radius 3 is 2.50 bits per heavy atom. The zero-order chi connectivity index (χ0) is 27.9. The van der Waals surface area contributed by atoms with Gasteiger partial charge in [0.1, 0.15) is 16.7 Å². The minimum Gasteiger partial charge on any atom is -0.744 e. The third-order valence-corrected chi connectivity index (χ3v) is 9.19. The first-order valence-corrected chi connectivity index (χ1v) is 15.2. The number of likely N-dealkylation sites (N-methyl/N-ethyl adjacent to an activating group) is 1. The predicted octanol–water partition coefficient (Wildman–Crippen LogP) is 5.24. The maximum Gasteiger partial charge on any atom is 0.209 e. The molecule has 2 aliphatic rings. The number of hydrogen-bond donors (Lipinski definition) is 2. The molecule has 2 heterocycles. The van der Waals surface area contributed by atoms with Crippen LogP contribution in [0.2, 0.25) is 0 Å². The Labute approximate surface area is 230 Å². The lowest BCUT2D eigenvalue weighted by Gasteiger charge is -2.25. The van der Waals surface area contributed by atoms with Crippen LogP contribution in [0.25, 0.3) is 0 Å². The molecule has 0 radical (unpaired) electrons. The van der Waals surface area contributed by atoms with Crippen molar-refractivity contribution in [1.29, 1.82) is 5.41 Å². The van der Waals surface area contributed by atoms with Gasteiger partial charge in [-0.25, -0.2) is 8.42 Å². The molecule has 0 saturated heterocycles. The largest absolute Gasteiger partial charge is 0.744 e. The summed E-state index contributed by atoms with van der Waals surface area (Å²) in [4.78, 5) is 1.98. The second-order valence-corrected chi connectivity index (χ2v) is 13.2. The van der Waals surface area contributed by atoms with Gasteiger partial charge in [-0.05, 0) is 50.6 Å². The molecule has 2 aromatic rings. The van der Waals surface area contributed by atoms with Crippen molar-refractivity contribution in [3.05, 3.63) is 77.5 Å². The summed E-state index contributed by atoms with van der Waals surface area (Å²) >= 11 is 1.37. The van der Waals surface area contributed by atoms with E-state index >= 15 is 0 Å². The summed E-state index contributed by atoms with van der Waals surface area (Å²) in [5.74, 6) is 0.786. The molecule has 0 atom stereocenters. The normalized spacial score (nSPS) is 18.9. The first-order valence-electron chi connectivity index (χ1n) is 12.8. The maximum absolute atomic E-state index is 11.7. The van der Waals surface area contributed by atoms with Gasteiger partial charge >= 0.3 is 0 Å². The van der Waals surface area contributed by atoms with Gasteiger partial charge in [-0.15, -0.1) is 0 Å². The number of fused-ring (bicyclic) bond motifs is 2. The lowest BCUT2D eigenvalue weighted by Crippen LogP contribution is -2.28. The van der Waals surface area contributed by atoms with Crippen molar-refractivity contribution in [3.63, 3.8) is 0 Å². The molecule has 2 aromatic carbocycles. The second kappa shape index (κ2) is 10.4. The predicted molar refractivity (Wildman–Crippen MR) is 156 cm³/mol. The molecule has 0 aliphatic carbocycles. The molecule has 3 N–H and O–H groups in total. The highest BCUT2D eigenvalue weighted by Crippen LogP contribution is 2.48. The zero-order valence-corrected chi connectivity index (χ0v) is 24.2. The number of nitrogens with one attached hydrogen (secondary N) is 1. The van der Waals surface area contributed by atoms with Gasteiger partial charge in [-0.2, -0.15) is 4.58 Å². The van der Waals surface area contributed by atoms with Crippen molar-refractivity contribution in [2.75, 3.05) is 23.7 Å². The number of thioether (sulfide) groups is 1. The van der Waals surface area contributed by atoms with Gasteiger partial charge in [0.05, 0.1) is 10.3 Å². The van der Waals surface area contributed by atoms with Crippen molar-refractivity contribution in [3.8, 4) is 0 Å². The van der Waals surface area contributed by atoms with Gasteiger partial charge < -0.3 is 15.2 Å². The fraction of sp³-hybridized carbons (Fsp3) is 0.379. The number of allylic oxidation sites excluding steroid dienone is 4. The lowest BCUT2D eigenvalue weighted by molar-refractivity contribution is -0.437. The molecule has 202 valence electrons. The molecule has 0 aromatic heterocycles. The van der Waals surface area contributed by atoms with Crippen molar-refractivity contribution < 1.29 is 17.5 Å². The molecular weight excluding hydrogens is 516 g/mol. The van der Waals surface area contributed by atoms with Gasteiger partial charge in [0.15, 0.2) is 10.9 Å². The Morgan fingerprint density at radius 1 is 1.13 bits per heavy atom. The highest BCUT2D eigenvalue weighted by atomic mass is 32.2. The number of anilines is 1. The number of rotatable bonds is 8. The number of amidine groups is 1. The summed E-state index contributed by atoms with van der Waals surface area (Å²) in [6, 6.07) is 13.1. The van der Waals surface area contributed by atoms with Crippen LogP contribution < -0.4 is 10.6 Å². The van der Waals surface area contributed by atoms with E-state index in [1.54, 1.807) is 6.07 Å². The molecule has 38 heavy (non-hydrogen) atoms. The summed E-state index contributed by atoms with van der Waals surface area (Å²) in [5, 5.41) is 7.63. The van der Waals surface area contributed by atoms with E-state index < -0.39 is 15.5 Å². The van der Waals surface area contributed by atoms with Crippen molar-refractivity contribution in [2.45, 2.75) is 56.8 Å². The maximum atomic E-state index is 11.7. The van der Waals surface area contributed by atoms with Crippen LogP contribution in [-0.2, 0) is 20.9 Å². The quantitative estimate of drug-likeness (QED) is 0.152. The Kier molecular flexibility index (Phi) is 7.67. The first-order chi connectivity index (χ1) is 17.8. The summed E-state index contributed by atoms with van der Waals surface area (Å²) in [6.07, 6.45) is 7.25. The summed E-state index contributed by atoms with van der Waals surface area (Å²) in [7, 11) is -4.54. The van der Waals surface area contributed by atoms with E-state index in [0.29, 0.717) is 6.54 Å². The molecule has 0 amide bonds. The molecule has 2 aliphatic heterocycles. The summed E-state index contributed by atoms with van der Waals surface area (Å²) < 4.78 is 37.4. The third kappa shape index (κ3) is 5.07. The van der Waals surface area contributed by atoms with Crippen LogP contribution >= 0.6 is 11.8 Å². The SMILES string of the molecule is CCN1/C(=C/C=C/C2=[N+](CCCSC(=N)N)c3ccccc3C2(C)C)C(C)(C)c2cc(S(=O)(=O)[O-])ccc21. The lowest BCUT2D eigenvalue weighted by atomic mass is 9.81. The van der Waals surface area contributed by atoms with E-state index in [1.165, 1.54) is 40.9 Å². The van der Waals surface area contributed by atoms with E-state index in [0.717, 1.165) is 35.7 Å². The molecule has 0 spiro atoms. The number of para-hydroxylation sites is 1. The molecule has 0 bridgehead atoms. The van der Waals surface area contributed by atoms with Gasteiger partial charge in [-0.1, -0.05) is 49.9 Å². The van der Waals surface area contributed by atoms with Crippen molar-refractivity contribution in [2.24, 2.45) is 5.73 Å². The topological polar surface area (TPSA) is 113 Å². The van der Waals surface area contributed by atoms with Gasteiger partial charge in [-0.3, -0.25) is 5.41 Å². The Morgan fingerprint density at radius 2 is 1.84 bits per heavy atom. The molecular formula is C29H36N4O3S2. The minimum absolute atomic E-state index is 0.142. The van der Waals surface area contributed by atoms with Crippen LogP contribution in [0.1, 0.15) is 52.2 Å². The second-order valence-electron chi connectivity index (χ2n) is 10.7. The minimum atomic E-state index is -4.54. The van der Waals surface area contributed by atoms with Crippen LogP contribution in [0.5, 0.6) is 0 Å². The summed E-state index contributed by atoms with van der Waals surface area (Å²) in [5.41, 5.74) is 11.3. The van der Waals surface area contributed by atoms with Gasteiger partial charge in [0.2, 0.25) is 5.69 Å². The molecule has 7 nitrogen and oxygen atoms in total. The molecule has 4 rings (SSSR count). The zero-order valence-electron chi connectivity index (χ0n) is 22.6.